The summed E-state index contributed by atoms with van der Waals surface area (Å²) in [4.78, 5) is 13.7. The lowest BCUT2D eigenvalue weighted by molar-refractivity contribution is -0.138. The molecule has 0 saturated carbocycles. The van der Waals surface area contributed by atoms with Gasteiger partial charge in [0.1, 0.15) is 6.04 Å². The van der Waals surface area contributed by atoms with Crippen LogP contribution in [0.3, 0.4) is 0 Å². The second kappa shape index (κ2) is 7.87. The molecule has 0 spiro atoms. The third-order valence-electron chi connectivity index (χ3n) is 3.69. The summed E-state index contributed by atoms with van der Waals surface area (Å²) in [6.45, 7) is 0.184. The van der Waals surface area contributed by atoms with Gasteiger partial charge in [-0.15, -0.1) is 0 Å². The summed E-state index contributed by atoms with van der Waals surface area (Å²) in [5.41, 5.74) is 0.642. The molecule has 0 aromatic heterocycles. The number of amides is 1. The van der Waals surface area contributed by atoms with E-state index in [1.54, 1.807) is 30.3 Å². The summed E-state index contributed by atoms with van der Waals surface area (Å²) in [5.74, 6) is -0.604. The van der Waals surface area contributed by atoms with Crippen molar-refractivity contribution < 1.29 is 23.4 Å². The van der Waals surface area contributed by atoms with Crippen LogP contribution in [0.5, 0.6) is 0 Å². The van der Waals surface area contributed by atoms with Gasteiger partial charge in [-0.1, -0.05) is 30.3 Å². The molecule has 1 aliphatic heterocycles. The van der Waals surface area contributed by atoms with E-state index in [1.165, 1.54) is 4.90 Å². The van der Waals surface area contributed by atoms with Gasteiger partial charge in [0, 0.05) is 6.54 Å². The van der Waals surface area contributed by atoms with Gasteiger partial charge in [-0.05, 0) is 24.8 Å². The number of likely N-dealkylation sites (tertiary alicyclic amines) is 1. The Balaban J connectivity index is 2.05. The average molecular weight is 342 g/mol. The number of aliphatic hydroxyl groups is 2. The minimum atomic E-state index is -3.66. The average Bonchev–Trinajstić information content (AvgIpc) is 2.63. The van der Waals surface area contributed by atoms with E-state index in [4.69, 9.17) is 10.2 Å². The van der Waals surface area contributed by atoms with Gasteiger partial charge in [0.25, 0.3) is 0 Å². The summed E-state index contributed by atoms with van der Waals surface area (Å²) in [6.07, 6.45) is 0.182. The number of benzene rings is 1. The molecule has 1 amide bonds. The highest BCUT2D eigenvalue weighted by atomic mass is 32.2. The first-order chi connectivity index (χ1) is 10.9. The zero-order valence-electron chi connectivity index (χ0n) is 12.8. The Kier molecular flexibility index (Phi) is 6.11. The third-order valence-corrected chi connectivity index (χ3v) is 5.04. The Hall–Kier alpha value is -1.48. The summed E-state index contributed by atoms with van der Waals surface area (Å²) >= 11 is 0. The molecule has 1 atom stereocenters. The number of nitrogens with zero attached hydrogens (tertiary/aromatic N) is 1. The molecule has 7 nitrogen and oxygen atoms in total. The maximum absolute atomic E-state index is 12.4. The SMILES string of the molecule is O=C1[C@@H](NS(=O)(=O)Cc2ccccc2)CCCCN1CC(O)O. The topological polar surface area (TPSA) is 107 Å². The van der Waals surface area contributed by atoms with Crippen LogP contribution in [0.1, 0.15) is 24.8 Å². The summed E-state index contributed by atoms with van der Waals surface area (Å²) in [7, 11) is -3.66. The number of sulfonamides is 1. The van der Waals surface area contributed by atoms with Gasteiger partial charge in [0.15, 0.2) is 6.29 Å². The number of hydrogen-bond acceptors (Lipinski definition) is 5. The van der Waals surface area contributed by atoms with Gasteiger partial charge in [0.05, 0.1) is 12.3 Å². The van der Waals surface area contributed by atoms with Crippen LogP contribution in [0.4, 0.5) is 0 Å². The molecule has 128 valence electrons. The van der Waals surface area contributed by atoms with Gasteiger partial charge >= 0.3 is 0 Å². The zero-order chi connectivity index (χ0) is 16.9. The highest BCUT2D eigenvalue weighted by molar-refractivity contribution is 7.88. The molecule has 1 heterocycles. The van der Waals surface area contributed by atoms with Crippen LogP contribution < -0.4 is 4.72 Å². The van der Waals surface area contributed by atoms with Gasteiger partial charge < -0.3 is 15.1 Å². The second-order valence-corrected chi connectivity index (χ2v) is 7.43. The molecule has 0 bridgehead atoms. The second-order valence-electron chi connectivity index (χ2n) is 5.68. The van der Waals surface area contributed by atoms with Crippen molar-refractivity contribution in [3.63, 3.8) is 0 Å². The normalized spacial score (nSPS) is 19.9. The number of aliphatic hydroxyl groups excluding tert-OH is 1. The van der Waals surface area contributed by atoms with Crippen molar-refractivity contribution >= 4 is 15.9 Å². The number of hydrogen-bond donors (Lipinski definition) is 3. The van der Waals surface area contributed by atoms with Crippen molar-refractivity contribution in [2.75, 3.05) is 13.1 Å². The van der Waals surface area contributed by atoms with Crippen LogP contribution in [-0.2, 0) is 20.6 Å². The Bertz CT molecular complexity index is 618. The van der Waals surface area contributed by atoms with E-state index in [-0.39, 0.29) is 12.3 Å². The van der Waals surface area contributed by atoms with E-state index in [0.29, 0.717) is 31.4 Å². The minimum absolute atomic E-state index is 0.194. The number of rotatable bonds is 6. The smallest absolute Gasteiger partial charge is 0.240 e. The fraction of sp³-hybridized carbons (Fsp3) is 0.533. The Morgan fingerprint density at radius 3 is 2.57 bits per heavy atom. The van der Waals surface area contributed by atoms with Crippen LogP contribution in [0, 0.1) is 0 Å². The lowest BCUT2D eigenvalue weighted by Crippen LogP contribution is -2.49. The van der Waals surface area contributed by atoms with Crippen molar-refractivity contribution in [2.45, 2.75) is 37.3 Å². The molecule has 0 unspecified atom stereocenters. The summed E-state index contributed by atoms with van der Waals surface area (Å²) in [6, 6.07) is 7.88. The van der Waals surface area contributed by atoms with E-state index in [0.717, 1.165) is 0 Å². The highest BCUT2D eigenvalue weighted by Gasteiger charge is 2.31. The van der Waals surface area contributed by atoms with E-state index in [1.807, 2.05) is 0 Å². The van der Waals surface area contributed by atoms with Crippen molar-refractivity contribution in [1.29, 1.82) is 0 Å². The number of carbonyl (C=O) groups excluding carboxylic acids is 1. The molecule has 1 aromatic carbocycles. The number of nitrogens with one attached hydrogen (secondary N) is 1. The number of β-amino-alcohol motifs (C(OH)–C–C–N with tert-alkyl or cyclic N) is 2. The molecule has 2 rings (SSSR count). The molecule has 1 aliphatic rings. The van der Waals surface area contributed by atoms with Gasteiger partial charge in [-0.3, -0.25) is 4.79 Å². The molecular formula is C15H22N2O5S. The zero-order valence-corrected chi connectivity index (χ0v) is 13.6. The fourth-order valence-electron chi connectivity index (χ4n) is 2.64. The van der Waals surface area contributed by atoms with Gasteiger partial charge in [0.2, 0.25) is 15.9 Å². The van der Waals surface area contributed by atoms with E-state index < -0.39 is 28.3 Å². The first kappa shape index (κ1) is 17.9. The first-order valence-corrected chi connectivity index (χ1v) is 9.21. The molecular weight excluding hydrogens is 320 g/mol. The standard InChI is InChI=1S/C15H22N2O5S/c18-14(19)10-17-9-5-4-8-13(15(17)20)16-23(21,22)11-12-6-2-1-3-7-12/h1-3,6-7,13-14,16,18-19H,4-5,8-11H2/t13-/m0/s1. The minimum Gasteiger partial charge on any atom is -0.367 e. The fourth-order valence-corrected chi connectivity index (χ4v) is 4.01. The Morgan fingerprint density at radius 1 is 1.22 bits per heavy atom. The van der Waals surface area contributed by atoms with Crippen LogP contribution in [0.2, 0.25) is 0 Å². The molecule has 3 N–H and O–H groups in total. The molecule has 1 saturated heterocycles. The van der Waals surface area contributed by atoms with Crippen molar-refractivity contribution in [3.05, 3.63) is 35.9 Å². The van der Waals surface area contributed by atoms with E-state index in [9.17, 15) is 13.2 Å². The van der Waals surface area contributed by atoms with Crippen molar-refractivity contribution in [3.8, 4) is 0 Å². The predicted molar refractivity (Wildman–Crippen MR) is 84.6 cm³/mol. The Labute approximate surface area is 136 Å². The van der Waals surface area contributed by atoms with Gasteiger partial charge in [-0.2, -0.15) is 0 Å². The lowest BCUT2D eigenvalue weighted by Gasteiger charge is -2.25. The largest absolute Gasteiger partial charge is 0.367 e. The molecule has 1 fully saturated rings. The van der Waals surface area contributed by atoms with Crippen LogP contribution in [0.25, 0.3) is 0 Å². The predicted octanol–water partition coefficient (Wildman–Crippen LogP) is -0.202. The van der Waals surface area contributed by atoms with Crippen LogP contribution in [0.15, 0.2) is 30.3 Å². The van der Waals surface area contributed by atoms with E-state index >= 15 is 0 Å². The van der Waals surface area contributed by atoms with Crippen molar-refractivity contribution in [2.24, 2.45) is 0 Å². The quantitative estimate of drug-likeness (QED) is 0.621. The third kappa shape index (κ3) is 5.58. The summed E-state index contributed by atoms with van der Waals surface area (Å²) < 4.78 is 27.0. The maximum Gasteiger partial charge on any atom is 0.240 e. The Morgan fingerprint density at radius 2 is 1.91 bits per heavy atom. The summed E-state index contributed by atoms with van der Waals surface area (Å²) in [5, 5.41) is 18.1. The number of carbonyl (C=O) groups is 1. The molecule has 8 heteroatoms. The molecule has 0 radical (unpaired) electrons. The van der Waals surface area contributed by atoms with E-state index in [2.05, 4.69) is 4.72 Å². The molecule has 23 heavy (non-hydrogen) atoms. The monoisotopic (exact) mass is 342 g/mol. The van der Waals surface area contributed by atoms with Crippen molar-refractivity contribution in [1.82, 2.24) is 9.62 Å². The molecule has 1 aromatic rings. The highest BCUT2D eigenvalue weighted by Crippen LogP contribution is 2.14. The van der Waals surface area contributed by atoms with Crippen LogP contribution >= 0.6 is 0 Å². The lowest BCUT2D eigenvalue weighted by atomic mass is 10.1. The molecule has 0 aliphatic carbocycles. The van der Waals surface area contributed by atoms with Gasteiger partial charge in [-0.25, -0.2) is 13.1 Å². The first-order valence-electron chi connectivity index (χ1n) is 7.56. The van der Waals surface area contributed by atoms with Crippen LogP contribution in [-0.4, -0.2) is 54.9 Å². The maximum atomic E-state index is 12.4.